The van der Waals surface area contributed by atoms with E-state index < -0.39 is 0 Å². The second kappa shape index (κ2) is 10.6. The zero-order chi connectivity index (χ0) is 23.4. The first kappa shape index (κ1) is 23.6. The molecule has 0 N–H and O–H groups in total. The summed E-state index contributed by atoms with van der Waals surface area (Å²) in [6.45, 7) is 3.73. The minimum absolute atomic E-state index is 0.0310. The maximum atomic E-state index is 13.0. The van der Waals surface area contributed by atoms with E-state index in [4.69, 9.17) is 32.9 Å². The Balaban J connectivity index is 1.52. The van der Waals surface area contributed by atoms with Crippen LogP contribution in [-0.4, -0.2) is 46.0 Å². The third-order valence-electron chi connectivity index (χ3n) is 6.07. The predicted molar refractivity (Wildman–Crippen MR) is 130 cm³/mol. The van der Waals surface area contributed by atoms with Crippen molar-refractivity contribution in [2.45, 2.75) is 39.2 Å². The molecule has 0 aliphatic carbocycles. The molecule has 3 aromatic rings. The van der Waals surface area contributed by atoms with Gasteiger partial charge in [-0.1, -0.05) is 41.4 Å². The Hall–Kier alpha value is -2.57. The molecule has 33 heavy (non-hydrogen) atoms. The van der Waals surface area contributed by atoms with Gasteiger partial charge >= 0.3 is 5.97 Å². The molecule has 2 heterocycles. The lowest BCUT2D eigenvalue weighted by atomic mass is 9.98. The molecule has 4 rings (SSSR count). The van der Waals surface area contributed by atoms with E-state index in [-0.39, 0.29) is 17.8 Å². The van der Waals surface area contributed by atoms with E-state index in [2.05, 4.69) is 4.57 Å². The molecule has 0 radical (unpaired) electrons. The zero-order valence-corrected chi connectivity index (χ0v) is 20.1. The number of carbonyl (C=O) groups is 2. The molecule has 1 fully saturated rings. The Morgan fingerprint density at radius 3 is 2.64 bits per heavy atom. The number of carbonyl (C=O) groups excluding carboxylic acids is 2. The number of esters is 1. The van der Waals surface area contributed by atoms with Gasteiger partial charge < -0.3 is 14.2 Å². The fourth-order valence-electron chi connectivity index (χ4n) is 4.39. The van der Waals surface area contributed by atoms with Crippen molar-refractivity contribution in [1.82, 2.24) is 14.5 Å². The summed E-state index contributed by atoms with van der Waals surface area (Å²) in [7, 11) is 0. The highest BCUT2D eigenvalue weighted by molar-refractivity contribution is 6.36. The number of aryl methyl sites for hydroxylation is 1. The molecule has 0 spiro atoms. The third-order valence-corrected chi connectivity index (χ3v) is 6.78. The van der Waals surface area contributed by atoms with Crippen LogP contribution in [0.25, 0.3) is 11.0 Å². The molecule has 0 bridgehead atoms. The van der Waals surface area contributed by atoms with Crippen LogP contribution in [0.4, 0.5) is 0 Å². The Morgan fingerprint density at radius 2 is 1.88 bits per heavy atom. The van der Waals surface area contributed by atoms with E-state index in [1.165, 1.54) is 0 Å². The fraction of sp³-hybridized carbons (Fsp3) is 0.400. The van der Waals surface area contributed by atoms with E-state index in [0.717, 1.165) is 35.3 Å². The molecule has 0 saturated carbocycles. The van der Waals surface area contributed by atoms with Crippen LogP contribution < -0.4 is 0 Å². The summed E-state index contributed by atoms with van der Waals surface area (Å²) in [6, 6.07) is 13.3. The molecule has 1 saturated heterocycles. The average molecular weight is 488 g/mol. The molecule has 1 aliphatic rings. The summed E-state index contributed by atoms with van der Waals surface area (Å²) in [4.78, 5) is 31.7. The van der Waals surface area contributed by atoms with Gasteiger partial charge in [-0.2, -0.15) is 0 Å². The molecule has 174 valence electrons. The van der Waals surface area contributed by atoms with Gasteiger partial charge in [-0.3, -0.25) is 9.59 Å². The van der Waals surface area contributed by atoms with Crippen molar-refractivity contribution in [3.8, 4) is 0 Å². The standard InChI is InChI=1S/C25H27Cl2N3O3/c1-2-33-25(32)17-7-6-13-29(16-17)24(31)12-14-30-22-11-4-3-10-21(22)28-23(30)15-18-19(26)8-5-9-20(18)27/h3-5,8-11,17H,2,6-7,12-16H2,1H3. The maximum Gasteiger partial charge on any atom is 0.310 e. The summed E-state index contributed by atoms with van der Waals surface area (Å²) < 4.78 is 7.23. The van der Waals surface area contributed by atoms with Gasteiger partial charge in [-0.05, 0) is 49.6 Å². The monoisotopic (exact) mass is 487 g/mol. The predicted octanol–water partition coefficient (Wildman–Crippen LogP) is 5.13. The van der Waals surface area contributed by atoms with E-state index in [9.17, 15) is 9.59 Å². The van der Waals surface area contributed by atoms with Crippen LogP contribution in [0.15, 0.2) is 42.5 Å². The van der Waals surface area contributed by atoms with E-state index in [1.807, 2.05) is 42.5 Å². The van der Waals surface area contributed by atoms with Gasteiger partial charge in [0, 0.05) is 42.5 Å². The van der Waals surface area contributed by atoms with Gasteiger partial charge in [-0.25, -0.2) is 4.98 Å². The van der Waals surface area contributed by atoms with Crippen LogP contribution in [0.5, 0.6) is 0 Å². The van der Waals surface area contributed by atoms with Crippen molar-refractivity contribution in [2.24, 2.45) is 5.92 Å². The first-order valence-electron chi connectivity index (χ1n) is 11.3. The second-order valence-electron chi connectivity index (χ2n) is 8.23. The Morgan fingerprint density at radius 1 is 1.12 bits per heavy atom. The molecular formula is C25H27Cl2N3O3. The number of hydrogen-bond donors (Lipinski definition) is 0. The number of para-hydroxylation sites is 2. The number of likely N-dealkylation sites (tertiary alicyclic amines) is 1. The largest absolute Gasteiger partial charge is 0.466 e. The van der Waals surface area contributed by atoms with Crippen LogP contribution in [0.3, 0.4) is 0 Å². The van der Waals surface area contributed by atoms with Gasteiger partial charge in [0.1, 0.15) is 5.82 Å². The Bertz CT molecular complexity index is 1140. The lowest BCUT2D eigenvalue weighted by molar-refractivity contribution is -0.151. The number of benzene rings is 2. The number of fused-ring (bicyclic) bond motifs is 1. The molecule has 1 amide bonds. The molecule has 1 aromatic heterocycles. The number of imidazole rings is 1. The highest BCUT2D eigenvalue weighted by Crippen LogP contribution is 2.28. The first-order valence-corrected chi connectivity index (χ1v) is 12.0. The lowest BCUT2D eigenvalue weighted by Gasteiger charge is -2.31. The number of ether oxygens (including phenoxy) is 1. The van der Waals surface area contributed by atoms with Crippen molar-refractivity contribution in [2.75, 3.05) is 19.7 Å². The van der Waals surface area contributed by atoms with Crippen LogP contribution in [0, 0.1) is 5.92 Å². The van der Waals surface area contributed by atoms with Crippen molar-refractivity contribution in [3.05, 3.63) is 63.9 Å². The minimum atomic E-state index is -0.241. The van der Waals surface area contributed by atoms with Crippen LogP contribution in [0.2, 0.25) is 10.0 Å². The smallest absolute Gasteiger partial charge is 0.310 e. The van der Waals surface area contributed by atoms with Gasteiger partial charge in [0.15, 0.2) is 0 Å². The van der Waals surface area contributed by atoms with E-state index >= 15 is 0 Å². The number of piperidine rings is 1. The summed E-state index contributed by atoms with van der Waals surface area (Å²) in [5.74, 6) is 0.384. The van der Waals surface area contributed by atoms with Crippen LogP contribution >= 0.6 is 23.2 Å². The number of hydrogen-bond acceptors (Lipinski definition) is 4. The topological polar surface area (TPSA) is 64.4 Å². The highest BCUT2D eigenvalue weighted by atomic mass is 35.5. The summed E-state index contributed by atoms with van der Waals surface area (Å²) >= 11 is 12.8. The summed E-state index contributed by atoms with van der Waals surface area (Å²) in [6.07, 6.45) is 2.35. The molecule has 1 aliphatic heterocycles. The SMILES string of the molecule is CCOC(=O)C1CCCN(C(=O)CCn2c(Cc3c(Cl)cccc3Cl)nc3ccccc32)C1. The van der Waals surface area contributed by atoms with Gasteiger partial charge in [-0.15, -0.1) is 0 Å². The molecule has 1 atom stereocenters. The fourth-order valence-corrected chi connectivity index (χ4v) is 4.92. The molecule has 2 aromatic carbocycles. The quantitative estimate of drug-likeness (QED) is 0.433. The molecule has 6 nitrogen and oxygen atoms in total. The second-order valence-corrected chi connectivity index (χ2v) is 9.04. The van der Waals surface area contributed by atoms with Gasteiger partial charge in [0.25, 0.3) is 0 Å². The Kier molecular flexibility index (Phi) is 7.56. The van der Waals surface area contributed by atoms with Crippen molar-refractivity contribution in [1.29, 1.82) is 0 Å². The van der Waals surface area contributed by atoms with Crippen LogP contribution in [0.1, 0.15) is 37.6 Å². The van der Waals surface area contributed by atoms with Crippen molar-refractivity contribution >= 4 is 46.1 Å². The normalized spacial score (nSPS) is 16.2. The molecule has 8 heteroatoms. The number of aromatic nitrogens is 2. The maximum absolute atomic E-state index is 13.0. The number of halogens is 2. The van der Waals surface area contributed by atoms with Crippen molar-refractivity contribution < 1.29 is 14.3 Å². The number of amides is 1. The Labute approximate surface area is 203 Å². The summed E-state index contributed by atoms with van der Waals surface area (Å²) in [5, 5.41) is 1.19. The van der Waals surface area contributed by atoms with Gasteiger partial charge in [0.05, 0.1) is 23.6 Å². The lowest BCUT2D eigenvalue weighted by Crippen LogP contribution is -2.43. The number of rotatable bonds is 7. The molecule has 1 unspecified atom stereocenters. The minimum Gasteiger partial charge on any atom is -0.466 e. The molecular weight excluding hydrogens is 461 g/mol. The van der Waals surface area contributed by atoms with E-state index in [1.54, 1.807) is 11.8 Å². The average Bonchev–Trinajstić information content (AvgIpc) is 3.17. The number of nitrogens with zero attached hydrogens (tertiary/aromatic N) is 3. The van der Waals surface area contributed by atoms with Gasteiger partial charge in [0.2, 0.25) is 5.91 Å². The summed E-state index contributed by atoms with van der Waals surface area (Å²) in [5.41, 5.74) is 2.65. The van der Waals surface area contributed by atoms with Crippen LogP contribution in [-0.2, 0) is 27.3 Å². The highest BCUT2D eigenvalue weighted by Gasteiger charge is 2.29. The van der Waals surface area contributed by atoms with E-state index in [0.29, 0.717) is 49.1 Å². The zero-order valence-electron chi connectivity index (χ0n) is 18.6. The first-order chi connectivity index (χ1) is 16.0. The third kappa shape index (κ3) is 5.33. The van der Waals surface area contributed by atoms with Crippen molar-refractivity contribution in [3.63, 3.8) is 0 Å².